The number of rotatable bonds is 4. The third kappa shape index (κ3) is 2.06. The summed E-state index contributed by atoms with van der Waals surface area (Å²) in [6.07, 6.45) is 0.842. The number of hydrogen-bond acceptors (Lipinski definition) is 5. The lowest BCUT2D eigenvalue weighted by atomic mass is 10.2. The van der Waals surface area contributed by atoms with Crippen LogP contribution >= 0.6 is 0 Å². The molecule has 0 amide bonds. The van der Waals surface area contributed by atoms with Crippen molar-refractivity contribution in [1.82, 2.24) is 0 Å². The summed E-state index contributed by atoms with van der Waals surface area (Å²) < 4.78 is 5.02. The van der Waals surface area contributed by atoms with Gasteiger partial charge in [0.1, 0.15) is 11.4 Å². The van der Waals surface area contributed by atoms with Gasteiger partial charge in [0.15, 0.2) is 0 Å². The zero-order valence-electron chi connectivity index (χ0n) is 8.84. The van der Waals surface area contributed by atoms with Gasteiger partial charge in [0, 0.05) is 24.2 Å². The summed E-state index contributed by atoms with van der Waals surface area (Å²) in [7, 11) is 1.52. The summed E-state index contributed by atoms with van der Waals surface area (Å²) in [5, 5.41) is 13.8. The molecule has 2 unspecified atom stereocenters. The van der Waals surface area contributed by atoms with Gasteiger partial charge < -0.3 is 15.8 Å². The summed E-state index contributed by atoms with van der Waals surface area (Å²) >= 11 is 0. The van der Waals surface area contributed by atoms with Gasteiger partial charge in [0.2, 0.25) is 0 Å². The fourth-order valence-electron chi connectivity index (χ4n) is 1.50. The lowest BCUT2D eigenvalue weighted by molar-refractivity contribution is -0.384. The largest absolute Gasteiger partial charge is 0.497 e. The Hall–Kier alpha value is -1.82. The maximum atomic E-state index is 10.8. The van der Waals surface area contributed by atoms with Crippen LogP contribution in [0.4, 0.5) is 11.4 Å². The van der Waals surface area contributed by atoms with Crippen LogP contribution in [0.15, 0.2) is 18.2 Å². The van der Waals surface area contributed by atoms with Crippen molar-refractivity contribution in [3.8, 4) is 5.75 Å². The third-order valence-electron chi connectivity index (χ3n) is 2.58. The van der Waals surface area contributed by atoms with E-state index in [-0.39, 0.29) is 17.8 Å². The van der Waals surface area contributed by atoms with Crippen LogP contribution in [0.2, 0.25) is 0 Å². The molecule has 1 aliphatic rings. The molecule has 1 aromatic rings. The topological polar surface area (TPSA) is 90.4 Å². The molecule has 6 heteroatoms. The van der Waals surface area contributed by atoms with E-state index in [1.54, 1.807) is 12.1 Å². The van der Waals surface area contributed by atoms with Crippen molar-refractivity contribution in [3.05, 3.63) is 28.3 Å². The zero-order valence-corrected chi connectivity index (χ0v) is 8.84. The van der Waals surface area contributed by atoms with E-state index in [0.717, 1.165) is 6.42 Å². The van der Waals surface area contributed by atoms with Crippen LogP contribution in [0.3, 0.4) is 0 Å². The molecular formula is C10H13N3O3. The van der Waals surface area contributed by atoms with Crippen molar-refractivity contribution in [1.29, 1.82) is 0 Å². The molecule has 1 fully saturated rings. The Morgan fingerprint density at radius 3 is 2.81 bits per heavy atom. The van der Waals surface area contributed by atoms with Crippen LogP contribution in [0.5, 0.6) is 5.75 Å². The summed E-state index contributed by atoms with van der Waals surface area (Å²) in [5.74, 6) is 0.585. The summed E-state index contributed by atoms with van der Waals surface area (Å²) in [4.78, 5) is 10.4. The minimum atomic E-state index is -0.421. The first kappa shape index (κ1) is 10.7. The van der Waals surface area contributed by atoms with Gasteiger partial charge in [-0.25, -0.2) is 0 Å². The fourth-order valence-corrected chi connectivity index (χ4v) is 1.50. The Labute approximate surface area is 92.5 Å². The molecule has 6 nitrogen and oxygen atoms in total. The molecule has 1 aliphatic carbocycles. The Kier molecular flexibility index (Phi) is 2.66. The summed E-state index contributed by atoms with van der Waals surface area (Å²) in [5.41, 5.74) is 6.15. The number of anilines is 1. The molecule has 0 aromatic heterocycles. The SMILES string of the molecule is COc1ccc([N+](=O)[O-])c(NC2CC2N)c1. The predicted molar refractivity (Wildman–Crippen MR) is 59.7 cm³/mol. The van der Waals surface area contributed by atoms with E-state index in [1.807, 2.05) is 0 Å². The van der Waals surface area contributed by atoms with Crippen molar-refractivity contribution in [2.75, 3.05) is 12.4 Å². The number of methoxy groups -OCH3 is 1. The minimum Gasteiger partial charge on any atom is -0.497 e. The standard InChI is InChI=1S/C10H13N3O3/c1-16-6-2-3-10(13(14)15)9(4-6)12-8-5-7(8)11/h2-4,7-8,12H,5,11H2,1H3. The van der Waals surface area contributed by atoms with Gasteiger partial charge in [-0.1, -0.05) is 0 Å². The lowest BCUT2D eigenvalue weighted by Gasteiger charge is -2.07. The highest BCUT2D eigenvalue weighted by atomic mass is 16.6. The molecule has 0 spiro atoms. The van der Waals surface area contributed by atoms with Crippen molar-refractivity contribution < 1.29 is 9.66 Å². The maximum absolute atomic E-state index is 10.8. The second kappa shape index (κ2) is 3.97. The first-order chi connectivity index (χ1) is 7.61. The number of nitro groups is 1. The molecule has 1 aromatic carbocycles. The highest BCUT2D eigenvalue weighted by Crippen LogP contribution is 2.33. The first-order valence-electron chi connectivity index (χ1n) is 4.96. The van der Waals surface area contributed by atoms with E-state index in [4.69, 9.17) is 10.5 Å². The van der Waals surface area contributed by atoms with Crippen LogP contribution in [0.1, 0.15) is 6.42 Å². The van der Waals surface area contributed by atoms with Crippen molar-refractivity contribution in [2.45, 2.75) is 18.5 Å². The fraction of sp³-hybridized carbons (Fsp3) is 0.400. The normalized spacial score (nSPS) is 22.6. The Balaban J connectivity index is 2.26. The molecule has 2 atom stereocenters. The van der Waals surface area contributed by atoms with Crippen molar-refractivity contribution in [3.63, 3.8) is 0 Å². The van der Waals surface area contributed by atoms with E-state index < -0.39 is 4.92 Å². The van der Waals surface area contributed by atoms with Crippen LogP contribution in [-0.2, 0) is 0 Å². The quantitative estimate of drug-likeness (QED) is 0.589. The number of hydrogen-bond donors (Lipinski definition) is 2. The van der Waals surface area contributed by atoms with Gasteiger partial charge in [-0.15, -0.1) is 0 Å². The smallest absolute Gasteiger partial charge is 0.292 e. The summed E-state index contributed by atoms with van der Waals surface area (Å²) in [6, 6.07) is 4.82. The van der Waals surface area contributed by atoms with Gasteiger partial charge >= 0.3 is 0 Å². The third-order valence-corrected chi connectivity index (χ3v) is 2.58. The molecule has 3 N–H and O–H groups in total. The molecule has 0 aliphatic heterocycles. The Bertz CT molecular complexity index is 422. The van der Waals surface area contributed by atoms with E-state index >= 15 is 0 Å². The highest BCUT2D eigenvalue weighted by Gasteiger charge is 2.34. The monoisotopic (exact) mass is 223 g/mol. The number of nitrogens with zero attached hydrogens (tertiary/aromatic N) is 1. The minimum absolute atomic E-state index is 0.0416. The van der Waals surface area contributed by atoms with Crippen LogP contribution in [0.25, 0.3) is 0 Å². The number of benzene rings is 1. The van der Waals surface area contributed by atoms with Gasteiger partial charge in [-0.05, 0) is 12.5 Å². The number of nitrogens with two attached hydrogens (primary N) is 1. The molecule has 86 valence electrons. The second-order valence-electron chi connectivity index (χ2n) is 3.79. The molecule has 0 heterocycles. The molecule has 0 saturated heterocycles. The highest BCUT2D eigenvalue weighted by molar-refractivity contribution is 5.65. The van der Waals surface area contributed by atoms with Gasteiger partial charge in [-0.2, -0.15) is 0 Å². The molecule has 16 heavy (non-hydrogen) atoms. The van der Waals surface area contributed by atoms with Crippen LogP contribution in [0, 0.1) is 10.1 Å². The Morgan fingerprint density at radius 2 is 2.31 bits per heavy atom. The van der Waals surface area contributed by atoms with E-state index in [1.165, 1.54) is 13.2 Å². The van der Waals surface area contributed by atoms with E-state index in [9.17, 15) is 10.1 Å². The maximum Gasteiger partial charge on any atom is 0.292 e. The molecular weight excluding hydrogens is 210 g/mol. The first-order valence-corrected chi connectivity index (χ1v) is 4.96. The average molecular weight is 223 g/mol. The average Bonchev–Trinajstić information content (AvgIpc) is 2.93. The number of ether oxygens (including phenoxy) is 1. The molecule has 0 bridgehead atoms. The Morgan fingerprint density at radius 1 is 1.62 bits per heavy atom. The van der Waals surface area contributed by atoms with Gasteiger partial charge in [0.25, 0.3) is 5.69 Å². The van der Waals surface area contributed by atoms with Crippen LogP contribution < -0.4 is 15.8 Å². The van der Waals surface area contributed by atoms with Gasteiger partial charge in [-0.3, -0.25) is 10.1 Å². The number of nitrogens with one attached hydrogen (secondary N) is 1. The zero-order chi connectivity index (χ0) is 11.7. The van der Waals surface area contributed by atoms with Crippen LogP contribution in [-0.4, -0.2) is 24.1 Å². The number of nitro benzene ring substituents is 1. The van der Waals surface area contributed by atoms with Crippen molar-refractivity contribution in [2.24, 2.45) is 5.73 Å². The molecule has 2 rings (SSSR count). The molecule has 1 saturated carbocycles. The molecule has 0 radical (unpaired) electrons. The second-order valence-corrected chi connectivity index (χ2v) is 3.79. The predicted octanol–water partition coefficient (Wildman–Crippen LogP) is 1.11. The lowest BCUT2D eigenvalue weighted by Crippen LogP contribution is -2.14. The van der Waals surface area contributed by atoms with Gasteiger partial charge in [0.05, 0.1) is 12.0 Å². The van der Waals surface area contributed by atoms with E-state index in [0.29, 0.717) is 11.4 Å². The van der Waals surface area contributed by atoms with Crippen molar-refractivity contribution >= 4 is 11.4 Å². The van der Waals surface area contributed by atoms with E-state index in [2.05, 4.69) is 5.32 Å². The summed E-state index contributed by atoms with van der Waals surface area (Å²) in [6.45, 7) is 0.